The fraction of sp³-hybridized carbons (Fsp3) is 0.312. The Hall–Kier alpha value is -2.28. The zero-order chi connectivity index (χ0) is 16.4. The van der Waals surface area contributed by atoms with Crippen LogP contribution in [0.4, 0.5) is 4.39 Å². The molecule has 2 heterocycles. The molecule has 5 nitrogen and oxygen atoms in total. The molecule has 2 amide bonds. The third kappa shape index (κ3) is 3.39. The van der Waals surface area contributed by atoms with Gasteiger partial charge in [0.05, 0.1) is 12.2 Å². The van der Waals surface area contributed by atoms with Gasteiger partial charge >= 0.3 is 0 Å². The van der Waals surface area contributed by atoms with Gasteiger partial charge < -0.3 is 10.6 Å². The van der Waals surface area contributed by atoms with Crippen LogP contribution in [0.15, 0.2) is 24.3 Å². The second kappa shape index (κ2) is 6.45. The van der Waals surface area contributed by atoms with Gasteiger partial charge in [-0.05, 0) is 25.5 Å². The highest BCUT2D eigenvalue weighted by molar-refractivity contribution is 7.15. The summed E-state index contributed by atoms with van der Waals surface area (Å²) < 4.78 is 13.8. The molecule has 120 valence electrons. The summed E-state index contributed by atoms with van der Waals surface area (Å²) >= 11 is 1.36. The highest BCUT2D eigenvalue weighted by Gasteiger charge is 2.27. The van der Waals surface area contributed by atoms with Gasteiger partial charge in [-0.2, -0.15) is 0 Å². The Labute approximate surface area is 136 Å². The maximum atomic E-state index is 13.8. The number of hydrogen-bond donors (Lipinski definition) is 2. The predicted molar refractivity (Wildman–Crippen MR) is 85.3 cm³/mol. The summed E-state index contributed by atoms with van der Waals surface area (Å²) in [4.78, 5) is 28.4. The number of nitrogens with one attached hydrogen (secondary N) is 2. The summed E-state index contributed by atoms with van der Waals surface area (Å²) in [6.07, 6.45) is 0.905. The van der Waals surface area contributed by atoms with Crippen LogP contribution in [-0.2, 0) is 16.1 Å². The van der Waals surface area contributed by atoms with Gasteiger partial charge in [0.1, 0.15) is 16.9 Å². The van der Waals surface area contributed by atoms with E-state index < -0.39 is 6.04 Å². The topological polar surface area (TPSA) is 71.1 Å². The molecular weight excluding hydrogens is 317 g/mol. The van der Waals surface area contributed by atoms with Gasteiger partial charge in [0.25, 0.3) is 0 Å². The SMILES string of the molecule is Cc1nc(-c2ccccc2F)sc1CNC(=O)[C@H]1CCC(=O)N1. The summed E-state index contributed by atoms with van der Waals surface area (Å²) in [5.41, 5.74) is 1.23. The number of nitrogens with zero attached hydrogens (tertiary/aromatic N) is 1. The van der Waals surface area contributed by atoms with Crippen molar-refractivity contribution in [3.63, 3.8) is 0 Å². The van der Waals surface area contributed by atoms with Crippen LogP contribution in [0, 0.1) is 12.7 Å². The average molecular weight is 333 g/mol. The highest BCUT2D eigenvalue weighted by Crippen LogP contribution is 2.29. The minimum Gasteiger partial charge on any atom is -0.349 e. The molecule has 0 saturated carbocycles. The van der Waals surface area contributed by atoms with E-state index in [9.17, 15) is 14.0 Å². The first-order valence-corrected chi connectivity index (χ1v) is 8.14. The van der Waals surface area contributed by atoms with Crippen molar-refractivity contribution >= 4 is 23.2 Å². The molecule has 0 aliphatic carbocycles. The Balaban J connectivity index is 1.68. The van der Waals surface area contributed by atoms with E-state index in [1.807, 2.05) is 6.92 Å². The van der Waals surface area contributed by atoms with Gasteiger partial charge in [0, 0.05) is 16.9 Å². The number of amides is 2. The standard InChI is InChI=1S/C16H16FN3O2S/c1-9-13(8-18-15(22)12-6-7-14(21)20-12)23-16(19-9)10-4-2-3-5-11(10)17/h2-5,12H,6-8H2,1H3,(H,18,22)(H,20,21)/t12-/m1/s1. The number of rotatable bonds is 4. The summed E-state index contributed by atoms with van der Waals surface area (Å²) in [5, 5.41) is 6.03. The molecule has 2 N–H and O–H groups in total. The maximum absolute atomic E-state index is 13.8. The maximum Gasteiger partial charge on any atom is 0.242 e. The van der Waals surface area contributed by atoms with Crippen molar-refractivity contribution in [1.29, 1.82) is 0 Å². The van der Waals surface area contributed by atoms with Crippen LogP contribution in [0.25, 0.3) is 10.6 Å². The minimum absolute atomic E-state index is 0.0963. The molecule has 0 unspecified atom stereocenters. The van der Waals surface area contributed by atoms with E-state index in [4.69, 9.17) is 0 Å². The van der Waals surface area contributed by atoms with Crippen LogP contribution in [0.1, 0.15) is 23.4 Å². The van der Waals surface area contributed by atoms with Crippen molar-refractivity contribution in [3.05, 3.63) is 40.7 Å². The van der Waals surface area contributed by atoms with Gasteiger partial charge in [-0.3, -0.25) is 9.59 Å². The Kier molecular flexibility index (Phi) is 4.38. The van der Waals surface area contributed by atoms with Crippen molar-refractivity contribution in [3.8, 4) is 10.6 Å². The van der Waals surface area contributed by atoms with Crippen molar-refractivity contribution in [2.24, 2.45) is 0 Å². The van der Waals surface area contributed by atoms with Crippen LogP contribution >= 0.6 is 11.3 Å². The lowest BCUT2D eigenvalue weighted by Crippen LogP contribution is -2.41. The van der Waals surface area contributed by atoms with Crippen LogP contribution in [-0.4, -0.2) is 22.8 Å². The molecule has 3 rings (SSSR count). The number of carbonyl (C=O) groups is 2. The van der Waals surface area contributed by atoms with Crippen molar-refractivity contribution < 1.29 is 14.0 Å². The average Bonchev–Trinajstić information content (AvgIpc) is 3.11. The molecule has 1 aromatic carbocycles. The first kappa shape index (κ1) is 15.6. The van der Waals surface area contributed by atoms with Crippen LogP contribution in [0.5, 0.6) is 0 Å². The third-order valence-electron chi connectivity index (χ3n) is 3.73. The fourth-order valence-corrected chi connectivity index (χ4v) is 3.47. The van der Waals surface area contributed by atoms with Crippen molar-refractivity contribution in [2.75, 3.05) is 0 Å². The molecule has 1 aromatic heterocycles. The Morgan fingerprint density at radius 2 is 2.26 bits per heavy atom. The lowest BCUT2D eigenvalue weighted by Gasteiger charge is -2.10. The van der Waals surface area contributed by atoms with E-state index in [0.29, 0.717) is 30.0 Å². The van der Waals surface area contributed by atoms with E-state index in [1.54, 1.807) is 18.2 Å². The highest BCUT2D eigenvalue weighted by atomic mass is 32.1. The van der Waals surface area contributed by atoms with Crippen LogP contribution in [0.3, 0.4) is 0 Å². The summed E-state index contributed by atoms with van der Waals surface area (Å²) in [6.45, 7) is 2.16. The van der Waals surface area contributed by atoms with Crippen molar-refractivity contribution in [2.45, 2.75) is 32.4 Å². The van der Waals surface area contributed by atoms with Gasteiger partial charge in [-0.1, -0.05) is 12.1 Å². The number of halogens is 1. The predicted octanol–water partition coefficient (Wildman–Crippen LogP) is 2.15. The van der Waals surface area contributed by atoms with Crippen molar-refractivity contribution in [1.82, 2.24) is 15.6 Å². The Morgan fingerprint density at radius 1 is 1.48 bits per heavy atom. The lowest BCUT2D eigenvalue weighted by atomic mass is 10.2. The summed E-state index contributed by atoms with van der Waals surface area (Å²) in [5.74, 6) is -0.609. The van der Waals surface area contributed by atoms with Crippen LogP contribution in [0.2, 0.25) is 0 Å². The quantitative estimate of drug-likeness (QED) is 0.901. The molecule has 1 fully saturated rings. The molecule has 1 saturated heterocycles. The van der Waals surface area contributed by atoms with E-state index in [2.05, 4.69) is 15.6 Å². The molecule has 7 heteroatoms. The molecule has 1 atom stereocenters. The number of benzene rings is 1. The second-order valence-electron chi connectivity index (χ2n) is 5.38. The first-order valence-electron chi connectivity index (χ1n) is 7.33. The fourth-order valence-electron chi connectivity index (χ4n) is 2.44. The van der Waals surface area contributed by atoms with E-state index in [1.165, 1.54) is 17.4 Å². The normalized spacial score (nSPS) is 17.1. The number of aryl methyl sites for hydroxylation is 1. The van der Waals surface area contributed by atoms with Crippen LogP contribution < -0.4 is 10.6 Å². The lowest BCUT2D eigenvalue weighted by molar-refractivity contribution is -0.125. The monoisotopic (exact) mass is 333 g/mol. The van der Waals surface area contributed by atoms with Gasteiger partial charge in [-0.15, -0.1) is 11.3 Å². The molecule has 1 aliphatic heterocycles. The number of aromatic nitrogens is 1. The Morgan fingerprint density at radius 3 is 2.96 bits per heavy atom. The molecule has 0 bridgehead atoms. The van der Waals surface area contributed by atoms with Gasteiger partial charge in [0.2, 0.25) is 11.8 Å². The molecule has 23 heavy (non-hydrogen) atoms. The third-order valence-corrected chi connectivity index (χ3v) is 4.92. The molecule has 1 aliphatic rings. The second-order valence-corrected chi connectivity index (χ2v) is 6.47. The largest absolute Gasteiger partial charge is 0.349 e. The Bertz CT molecular complexity index is 760. The van der Waals surface area contributed by atoms with Gasteiger partial charge in [-0.25, -0.2) is 9.37 Å². The minimum atomic E-state index is -0.457. The molecule has 0 radical (unpaired) electrons. The summed E-state index contributed by atoms with van der Waals surface area (Å²) in [7, 11) is 0. The van der Waals surface area contributed by atoms with E-state index >= 15 is 0 Å². The number of carbonyl (C=O) groups excluding carboxylic acids is 2. The zero-order valence-electron chi connectivity index (χ0n) is 12.6. The smallest absolute Gasteiger partial charge is 0.242 e. The molecule has 2 aromatic rings. The first-order chi connectivity index (χ1) is 11.0. The zero-order valence-corrected chi connectivity index (χ0v) is 13.4. The van der Waals surface area contributed by atoms with E-state index in [-0.39, 0.29) is 17.6 Å². The number of hydrogen-bond acceptors (Lipinski definition) is 4. The molecular formula is C16H16FN3O2S. The van der Waals surface area contributed by atoms with E-state index in [0.717, 1.165) is 10.6 Å². The summed E-state index contributed by atoms with van der Waals surface area (Å²) in [6, 6.07) is 6.03. The van der Waals surface area contributed by atoms with Gasteiger partial charge in [0.15, 0.2) is 0 Å². The molecule has 0 spiro atoms. The number of thiazole rings is 1.